The second-order valence-corrected chi connectivity index (χ2v) is 8.74. The number of carbonyl (C=O) groups excluding carboxylic acids is 1. The predicted octanol–water partition coefficient (Wildman–Crippen LogP) is 6.12. The van der Waals surface area contributed by atoms with Gasteiger partial charge in [0, 0.05) is 12.7 Å². The van der Waals surface area contributed by atoms with Gasteiger partial charge in [-0.05, 0) is 41.7 Å². The van der Waals surface area contributed by atoms with Crippen LogP contribution in [0.5, 0.6) is 0 Å². The van der Waals surface area contributed by atoms with Crippen molar-refractivity contribution in [2.24, 2.45) is 5.92 Å². The molecule has 154 valence electrons. The molecule has 0 spiro atoms. The Bertz CT molecular complexity index is 993. The van der Waals surface area contributed by atoms with Gasteiger partial charge in [0.15, 0.2) is 5.13 Å². The van der Waals surface area contributed by atoms with Gasteiger partial charge in [-0.15, -0.1) is 0 Å². The SMILES string of the molecule is CC(C)Cc1cc(C(=O)Nc2ncc(Cl)s2)n(Cc2ccc(C(F)(F)F)cc2)c1. The zero-order valence-corrected chi connectivity index (χ0v) is 17.3. The quantitative estimate of drug-likeness (QED) is 0.501. The largest absolute Gasteiger partial charge is 0.416 e. The fraction of sp³-hybridized carbons (Fsp3) is 0.300. The number of alkyl halides is 3. The number of carbonyl (C=O) groups is 1. The average molecular weight is 442 g/mol. The normalized spacial score (nSPS) is 11.8. The van der Waals surface area contributed by atoms with E-state index in [0.29, 0.717) is 26.6 Å². The van der Waals surface area contributed by atoms with Crippen LogP contribution >= 0.6 is 22.9 Å². The van der Waals surface area contributed by atoms with Crippen LogP contribution in [0.2, 0.25) is 4.34 Å². The van der Waals surface area contributed by atoms with E-state index in [0.717, 1.165) is 35.5 Å². The van der Waals surface area contributed by atoms with Crippen molar-refractivity contribution in [1.82, 2.24) is 9.55 Å². The van der Waals surface area contributed by atoms with Gasteiger partial charge >= 0.3 is 6.18 Å². The number of nitrogens with zero attached hydrogens (tertiary/aromatic N) is 2. The fourth-order valence-corrected chi connectivity index (χ4v) is 3.75. The predicted molar refractivity (Wildman–Crippen MR) is 109 cm³/mol. The van der Waals surface area contributed by atoms with E-state index in [1.54, 1.807) is 10.6 Å². The van der Waals surface area contributed by atoms with Crippen LogP contribution in [-0.4, -0.2) is 15.5 Å². The molecule has 0 bridgehead atoms. The zero-order chi connectivity index (χ0) is 21.2. The molecule has 0 fully saturated rings. The van der Waals surface area contributed by atoms with Crippen LogP contribution in [0.25, 0.3) is 0 Å². The first kappa shape index (κ1) is 21.4. The maximum Gasteiger partial charge on any atom is 0.416 e. The van der Waals surface area contributed by atoms with Crippen LogP contribution in [0.15, 0.2) is 42.7 Å². The molecule has 0 atom stereocenters. The van der Waals surface area contributed by atoms with Gasteiger partial charge in [-0.3, -0.25) is 10.1 Å². The van der Waals surface area contributed by atoms with Crippen molar-refractivity contribution in [2.75, 3.05) is 5.32 Å². The molecule has 0 saturated carbocycles. The van der Waals surface area contributed by atoms with Crippen LogP contribution in [-0.2, 0) is 19.1 Å². The molecule has 1 amide bonds. The van der Waals surface area contributed by atoms with E-state index < -0.39 is 11.7 Å². The minimum absolute atomic E-state index is 0.275. The molecule has 0 radical (unpaired) electrons. The summed E-state index contributed by atoms with van der Waals surface area (Å²) in [4.78, 5) is 16.8. The molecule has 9 heteroatoms. The molecule has 29 heavy (non-hydrogen) atoms. The molecule has 1 N–H and O–H groups in total. The minimum atomic E-state index is -4.38. The summed E-state index contributed by atoms with van der Waals surface area (Å²) >= 11 is 7.00. The number of nitrogens with one attached hydrogen (secondary N) is 1. The molecular weight excluding hydrogens is 423 g/mol. The number of hydrogen-bond acceptors (Lipinski definition) is 3. The van der Waals surface area contributed by atoms with E-state index in [-0.39, 0.29) is 12.5 Å². The summed E-state index contributed by atoms with van der Waals surface area (Å²) in [5.74, 6) is 0.0449. The van der Waals surface area contributed by atoms with Gasteiger partial charge in [-0.1, -0.05) is 48.9 Å². The van der Waals surface area contributed by atoms with Crippen molar-refractivity contribution < 1.29 is 18.0 Å². The van der Waals surface area contributed by atoms with E-state index in [1.807, 2.05) is 6.20 Å². The Morgan fingerprint density at radius 1 is 1.24 bits per heavy atom. The molecule has 0 aliphatic heterocycles. The molecule has 3 aromatic rings. The highest BCUT2D eigenvalue weighted by atomic mass is 35.5. The van der Waals surface area contributed by atoms with E-state index in [9.17, 15) is 18.0 Å². The van der Waals surface area contributed by atoms with Crippen molar-refractivity contribution >= 4 is 34.0 Å². The van der Waals surface area contributed by atoms with Crippen molar-refractivity contribution in [1.29, 1.82) is 0 Å². The number of hydrogen-bond donors (Lipinski definition) is 1. The van der Waals surface area contributed by atoms with Crippen LogP contribution < -0.4 is 5.32 Å². The third kappa shape index (κ3) is 5.61. The number of halogens is 4. The Kier molecular flexibility index (Phi) is 6.33. The Morgan fingerprint density at radius 2 is 1.93 bits per heavy atom. The van der Waals surface area contributed by atoms with E-state index >= 15 is 0 Å². The molecule has 0 unspecified atom stereocenters. The number of thiazole rings is 1. The molecule has 0 aliphatic rings. The van der Waals surface area contributed by atoms with E-state index in [4.69, 9.17) is 11.6 Å². The zero-order valence-electron chi connectivity index (χ0n) is 15.8. The Hall–Kier alpha value is -2.32. The summed E-state index contributed by atoms with van der Waals surface area (Å²) in [7, 11) is 0. The Morgan fingerprint density at radius 3 is 2.48 bits per heavy atom. The molecule has 0 aliphatic carbocycles. The second kappa shape index (κ2) is 8.59. The van der Waals surface area contributed by atoms with Gasteiger partial charge in [0.2, 0.25) is 0 Å². The number of rotatable bonds is 6. The second-order valence-electron chi connectivity index (χ2n) is 7.08. The average Bonchev–Trinajstić information content (AvgIpc) is 3.20. The van der Waals surface area contributed by atoms with Gasteiger partial charge in [0.1, 0.15) is 10.0 Å². The highest BCUT2D eigenvalue weighted by molar-refractivity contribution is 7.19. The highest BCUT2D eigenvalue weighted by Crippen LogP contribution is 2.29. The number of anilines is 1. The van der Waals surface area contributed by atoms with E-state index in [2.05, 4.69) is 24.1 Å². The first-order valence-electron chi connectivity index (χ1n) is 8.89. The summed E-state index contributed by atoms with van der Waals surface area (Å²) in [5, 5.41) is 3.10. The number of amides is 1. The lowest BCUT2D eigenvalue weighted by atomic mass is 10.1. The third-order valence-electron chi connectivity index (χ3n) is 4.16. The Balaban J connectivity index is 1.85. The molecule has 0 saturated heterocycles. The van der Waals surface area contributed by atoms with Crippen LogP contribution in [0.3, 0.4) is 0 Å². The Labute approximate surface area is 175 Å². The molecule has 1 aromatic carbocycles. The van der Waals surface area contributed by atoms with Gasteiger partial charge < -0.3 is 4.57 Å². The van der Waals surface area contributed by atoms with Crippen molar-refractivity contribution in [3.8, 4) is 0 Å². The highest BCUT2D eigenvalue weighted by Gasteiger charge is 2.30. The van der Waals surface area contributed by atoms with Crippen LogP contribution in [0, 0.1) is 5.92 Å². The third-order valence-corrected chi connectivity index (χ3v) is 5.19. The molecule has 3 rings (SSSR count). The van der Waals surface area contributed by atoms with Gasteiger partial charge in [-0.2, -0.15) is 13.2 Å². The summed E-state index contributed by atoms with van der Waals surface area (Å²) < 4.78 is 40.5. The first-order chi connectivity index (χ1) is 13.6. The van der Waals surface area contributed by atoms with Crippen molar-refractivity contribution in [3.05, 3.63) is 69.4 Å². The van der Waals surface area contributed by atoms with Crippen LogP contribution in [0.1, 0.15) is 41.0 Å². The maximum absolute atomic E-state index is 12.8. The van der Waals surface area contributed by atoms with Crippen LogP contribution in [0.4, 0.5) is 18.3 Å². The van der Waals surface area contributed by atoms with Gasteiger partial charge in [-0.25, -0.2) is 4.98 Å². The van der Waals surface area contributed by atoms with Gasteiger partial charge in [0.05, 0.1) is 11.8 Å². The van der Waals surface area contributed by atoms with Gasteiger partial charge in [0.25, 0.3) is 5.91 Å². The summed E-state index contributed by atoms with van der Waals surface area (Å²) in [6.45, 7) is 4.42. The monoisotopic (exact) mass is 441 g/mol. The molecule has 2 aromatic heterocycles. The van der Waals surface area contributed by atoms with Crippen molar-refractivity contribution in [3.63, 3.8) is 0 Å². The lowest BCUT2D eigenvalue weighted by molar-refractivity contribution is -0.137. The van der Waals surface area contributed by atoms with E-state index in [1.165, 1.54) is 18.3 Å². The standard InChI is InChI=1S/C20H19ClF3N3OS/c1-12(2)7-14-8-16(18(28)26-19-25-9-17(21)29-19)27(11-14)10-13-3-5-15(6-4-13)20(22,23)24/h3-6,8-9,11-12H,7,10H2,1-2H3,(H,25,26,28). The summed E-state index contributed by atoms with van der Waals surface area (Å²) in [6, 6.07) is 6.74. The number of benzene rings is 1. The first-order valence-corrected chi connectivity index (χ1v) is 10.1. The lowest BCUT2D eigenvalue weighted by Crippen LogP contribution is -2.17. The minimum Gasteiger partial charge on any atom is -0.339 e. The molecular formula is C20H19ClF3N3OS. The maximum atomic E-state index is 12.8. The smallest absolute Gasteiger partial charge is 0.339 e. The fourth-order valence-electron chi connectivity index (χ4n) is 2.94. The summed E-state index contributed by atoms with van der Waals surface area (Å²) in [6.07, 6.45) is -0.283. The summed E-state index contributed by atoms with van der Waals surface area (Å²) in [5.41, 5.74) is 1.35. The molecule has 4 nitrogen and oxygen atoms in total. The van der Waals surface area contributed by atoms with Crippen molar-refractivity contribution in [2.45, 2.75) is 33.0 Å². The lowest BCUT2D eigenvalue weighted by Gasteiger charge is -2.11. The molecule has 2 heterocycles. The topological polar surface area (TPSA) is 46.9 Å². The number of aromatic nitrogens is 2.